The maximum atomic E-state index is 2.64. The number of hydrogen-bond acceptors (Lipinski definition) is 0. The third-order valence-electron chi connectivity index (χ3n) is 8.98. The maximum absolute atomic E-state index is 2.64. The van der Waals surface area contributed by atoms with Crippen molar-refractivity contribution in [2.75, 3.05) is 0 Å². The van der Waals surface area contributed by atoms with Crippen molar-refractivity contribution in [3.63, 3.8) is 0 Å². The molecule has 0 bridgehead atoms. The molecule has 4 aromatic carbocycles. The summed E-state index contributed by atoms with van der Waals surface area (Å²) < 4.78 is 1.21. The summed E-state index contributed by atoms with van der Waals surface area (Å²) in [5.41, 5.74) is 14.0. The second-order valence-corrected chi connectivity index (χ2v) is 24.1. The van der Waals surface area contributed by atoms with Crippen molar-refractivity contribution in [2.45, 2.75) is 68.0 Å². The topological polar surface area (TPSA) is 0 Å². The number of rotatable bonds is 6. The molecular weight excluding hydrogens is 591 g/mol. The molecule has 0 aliphatic heterocycles. The molecule has 0 N–H and O–H groups in total. The molecule has 41 heavy (non-hydrogen) atoms. The SMILES string of the molecule is CCC1=Cc2c(C(C)C)cccc2[CH]1[Ti+2]([CH]1C(c2cc(CC)cc3ccccc23)=Cc2ccccc21)=[Si](C)C.[Cl-].[Cl-]. The average molecular weight is 632 g/mol. The Morgan fingerprint density at radius 3 is 2.17 bits per heavy atom. The van der Waals surface area contributed by atoms with Crippen LogP contribution in [0.5, 0.6) is 0 Å². The Morgan fingerprint density at radius 1 is 0.756 bits per heavy atom. The van der Waals surface area contributed by atoms with E-state index in [-0.39, 0.29) is 24.8 Å². The Kier molecular flexibility index (Phi) is 10.3. The molecule has 0 spiro atoms. The van der Waals surface area contributed by atoms with Crippen LogP contribution in [0.1, 0.15) is 87.4 Å². The molecule has 4 heteroatoms. The molecule has 4 aromatic rings. The molecule has 6 rings (SSSR count). The van der Waals surface area contributed by atoms with Gasteiger partial charge in [-0.15, -0.1) is 0 Å². The Hall–Kier alpha value is -1.87. The molecule has 0 saturated carbocycles. The van der Waals surface area contributed by atoms with Gasteiger partial charge in [-0.3, -0.25) is 0 Å². The fourth-order valence-corrected chi connectivity index (χ4v) is 20.7. The smallest absolute Gasteiger partial charge is 1.00 e. The van der Waals surface area contributed by atoms with Crippen LogP contribution in [0, 0.1) is 0 Å². The second kappa shape index (κ2) is 13.2. The van der Waals surface area contributed by atoms with Gasteiger partial charge in [0.05, 0.1) is 0 Å². The van der Waals surface area contributed by atoms with E-state index in [0.717, 1.165) is 12.8 Å². The standard InChI is InChI=1S/C21H17.C14H17.C2H6Si.2ClH.Ti/c1-2-15-11-18-9-5-6-10-20(18)21(12-15)19-13-16-7-3-4-8-17(16)14-19;1-4-11-8-12-6-5-7-13(10(2)3)14(12)9-11;1-3-2;;;/h3-14H,2H2,1H3;5-10H,4H2,1-3H3;1-2H3;2*1H;/q;;;;;+2/p-2. The summed E-state index contributed by atoms with van der Waals surface area (Å²) in [5, 5.41) is 2.79. The van der Waals surface area contributed by atoms with Crippen molar-refractivity contribution in [2.24, 2.45) is 0 Å². The summed E-state index contributed by atoms with van der Waals surface area (Å²) in [6.07, 6.45) is 6.90. The van der Waals surface area contributed by atoms with Crippen molar-refractivity contribution < 1.29 is 41.4 Å². The van der Waals surface area contributed by atoms with Crippen LogP contribution in [-0.2, 0) is 23.0 Å². The minimum Gasteiger partial charge on any atom is -1.00 e. The van der Waals surface area contributed by atoms with E-state index in [1.54, 1.807) is 27.8 Å². The van der Waals surface area contributed by atoms with Gasteiger partial charge >= 0.3 is 243 Å². The third-order valence-corrected chi connectivity index (χ3v) is 21.9. The van der Waals surface area contributed by atoms with Gasteiger partial charge in [-0.05, 0) is 0 Å². The van der Waals surface area contributed by atoms with Crippen LogP contribution in [0.15, 0.2) is 84.4 Å². The van der Waals surface area contributed by atoms with E-state index in [4.69, 9.17) is 0 Å². The van der Waals surface area contributed by atoms with Gasteiger partial charge in [-0.1, -0.05) is 0 Å². The summed E-state index contributed by atoms with van der Waals surface area (Å²) in [5.74, 6) is 0.551. The second-order valence-electron chi connectivity index (χ2n) is 11.8. The van der Waals surface area contributed by atoms with Gasteiger partial charge in [0, 0.05) is 0 Å². The van der Waals surface area contributed by atoms with E-state index >= 15 is 0 Å². The van der Waals surface area contributed by atoms with Gasteiger partial charge in [-0.25, -0.2) is 0 Å². The zero-order valence-electron chi connectivity index (χ0n) is 25.1. The molecule has 0 radical (unpaired) electrons. The minimum absolute atomic E-state index is 0. The van der Waals surface area contributed by atoms with E-state index in [2.05, 4.69) is 132 Å². The van der Waals surface area contributed by atoms with Gasteiger partial charge in [-0.2, -0.15) is 0 Å². The molecule has 0 heterocycles. The summed E-state index contributed by atoms with van der Waals surface area (Å²) in [4.78, 5) is 0. The summed E-state index contributed by atoms with van der Waals surface area (Å²) in [6, 6.07) is 30.6. The molecule has 0 aromatic heterocycles. The molecule has 0 amide bonds. The van der Waals surface area contributed by atoms with Gasteiger partial charge in [0.2, 0.25) is 0 Å². The number of halogens is 2. The molecule has 2 aliphatic carbocycles. The van der Waals surface area contributed by atoms with Gasteiger partial charge in [0.15, 0.2) is 0 Å². The van der Waals surface area contributed by atoms with Crippen LogP contribution >= 0.6 is 0 Å². The predicted octanol–water partition coefficient (Wildman–Crippen LogP) is 4.55. The van der Waals surface area contributed by atoms with Gasteiger partial charge in [0.1, 0.15) is 0 Å². The first kappa shape index (κ1) is 32.1. The van der Waals surface area contributed by atoms with Crippen molar-refractivity contribution >= 4 is 34.7 Å². The van der Waals surface area contributed by atoms with Gasteiger partial charge in [0.25, 0.3) is 0 Å². The van der Waals surface area contributed by atoms with Crippen LogP contribution in [0.4, 0.5) is 0 Å². The first-order valence-corrected chi connectivity index (χ1v) is 21.4. The van der Waals surface area contributed by atoms with Crippen LogP contribution in [0.2, 0.25) is 13.1 Å². The van der Waals surface area contributed by atoms with Crippen LogP contribution in [0.3, 0.4) is 0 Å². The molecular formula is C37H40Cl2SiTi. The van der Waals surface area contributed by atoms with E-state index in [0.29, 0.717) is 14.4 Å². The van der Waals surface area contributed by atoms with E-state index in [1.807, 2.05) is 0 Å². The molecule has 0 saturated heterocycles. The quantitative estimate of drug-likeness (QED) is 0.274. The van der Waals surface area contributed by atoms with Crippen LogP contribution < -0.4 is 24.8 Å². The maximum Gasteiger partial charge on any atom is -1.00 e. The van der Waals surface area contributed by atoms with E-state index in [9.17, 15) is 0 Å². The number of fused-ring (bicyclic) bond motifs is 3. The van der Waals surface area contributed by atoms with E-state index in [1.165, 1.54) is 33.0 Å². The molecule has 2 aliphatic rings. The van der Waals surface area contributed by atoms with Crippen LogP contribution in [-0.4, -0.2) is 6.19 Å². The number of hydrogen-bond donors (Lipinski definition) is 0. The third kappa shape index (κ3) is 5.62. The number of allylic oxidation sites excluding steroid dienone is 2. The van der Waals surface area contributed by atoms with E-state index < -0.39 is 22.8 Å². The van der Waals surface area contributed by atoms with Crippen molar-refractivity contribution in [1.82, 2.24) is 0 Å². The minimum atomic E-state index is -1.77. The molecule has 210 valence electrons. The first-order valence-electron chi connectivity index (χ1n) is 14.8. The zero-order valence-corrected chi connectivity index (χ0v) is 29.1. The zero-order chi connectivity index (χ0) is 27.3. The fourth-order valence-electron chi connectivity index (χ4n) is 7.12. The van der Waals surface area contributed by atoms with Gasteiger partial charge < -0.3 is 24.8 Å². The molecule has 0 fully saturated rings. The molecule has 2 unspecified atom stereocenters. The summed E-state index contributed by atoms with van der Waals surface area (Å²) >= 11 is -1.77. The molecule has 0 nitrogen and oxygen atoms in total. The largest absolute Gasteiger partial charge is 1.00 e. The van der Waals surface area contributed by atoms with Crippen molar-refractivity contribution in [3.8, 4) is 0 Å². The fraction of sp³-hybridized carbons (Fsp3) is 0.297. The monoisotopic (exact) mass is 630 g/mol. The summed E-state index contributed by atoms with van der Waals surface area (Å²) in [6.45, 7) is 14.7. The van der Waals surface area contributed by atoms with Crippen LogP contribution in [0.25, 0.3) is 28.5 Å². The number of aryl methyl sites for hydroxylation is 1. The van der Waals surface area contributed by atoms with Crippen molar-refractivity contribution in [3.05, 3.63) is 123 Å². The summed E-state index contributed by atoms with van der Waals surface area (Å²) in [7, 11) is 0. The van der Waals surface area contributed by atoms with Crippen molar-refractivity contribution in [1.29, 1.82) is 0 Å². The Morgan fingerprint density at radius 2 is 1.46 bits per heavy atom. The number of benzene rings is 4. The normalized spacial score (nSPS) is 16.6. The molecule has 2 atom stereocenters. The average Bonchev–Trinajstić information content (AvgIpc) is 3.51. The first-order chi connectivity index (χ1) is 18.9. The Labute approximate surface area is 265 Å². The Balaban J connectivity index is 0.00000194. The predicted molar refractivity (Wildman–Crippen MR) is 169 cm³/mol. The Bertz CT molecular complexity index is 1690.